The number of amides is 2. The zero-order valence-corrected chi connectivity index (χ0v) is 9.15. The molecule has 2 rings (SSSR count). The molecular weight excluding hydrogens is 225 g/mol. The molecule has 1 aromatic rings. The lowest BCUT2D eigenvalue weighted by atomic mass is 10.2. The highest BCUT2D eigenvalue weighted by Gasteiger charge is 2.20. The number of nitrogens with zero attached hydrogens (tertiary/aromatic N) is 2. The van der Waals surface area contributed by atoms with Crippen LogP contribution < -0.4 is 5.32 Å². The van der Waals surface area contributed by atoms with Crippen LogP contribution in [0.3, 0.4) is 0 Å². The van der Waals surface area contributed by atoms with Crippen molar-refractivity contribution in [3.63, 3.8) is 0 Å². The molecule has 2 heterocycles. The number of rotatable bonds is 2. The Labute approximate surface area is 97.6 Å². The second-order valence-corrected chi connectivity index (χ2v) is 3.85. The van der Waals surface area contributed by atoms with Gasteiger partial charge in [0.2, 0.25) is 11.8 Å². The van der Waals surface area contributed by atoms with Gasteiger partial charge in [-0.1, -0.05) is 0 Å². The van der Waals surface area contributed by atoms with Gasteiger partial charge in [-0.2, -0.15) is 0 Å². The third-order valence-corrected chi connectivity index (χ3v) is 2.53. The van der Waals surface area contributed by atoms with Crippen molar-refractivity contribution in [1.82, 2.24) is 15.2 Å². The fourth-order valence-electron chi connectivity index (χ4n) is 1.67. The third kappa shape index (κ3) is 2.99. The van der Waals surface area contributed by atoms with Crippen LogP contribution in [0.15, 0.2) is 18.5 Å². The molecule has 1 aromatic heterocycles. The van der Waals surface area contributed by atoms with Gasteiger partial charge >= 0.3 is 0 Å². The van der Waals surface area contributed by atoms with Crippen molar-refractivity contribution in [3.05, 3.63) is 29.8 Å². The molecule has 0 unspecified atom stereocenters. The first-order valence-electron chi connectivity index (χ1n) is 5.29. The van der Waals surface area contributed by atoms with Gasteiger partial charge < -0.3 is 10.2 Å². The summed E-state index contributed by atoms with van der Waals surface area (Å²) in [6, 6.07) is 1.33. The summed E-state index contributed by atoms with van der Waals surface area (Å²) in [6.07, 6.45) is 2.89. The number of nitrogens with one attached hydrogen (secondary N) is 1. The van der Waals surface area contributed by atoms with Crippen molar-refractivity contribution in [2.75, 3.05) is 13.1 Å². The quantitative estimate of drug-likeness (QED) is 0.791. The van der Waals surface area contributed by atoms with Gasteiger partial charge in [-0.3, -0.25) is 14.6 Å². The van der Waals surface area contributed by atoms with E-state index in [1.165, 1.54) is 17.2 Å². The fourth-order valence-corrected chi connectivity index (χ4v) is 1.67. The molecule has 1 aliphatic rings. The minimum atomic E-state index is -0.432. The van der Waals surface area contributed by atoms with Crippen LogP contribution in [0.1, 0.15) is 12.0 Å². The zero-order valence-electron chi connectivity index (χ0n) is 9.15. The molecule has 0 aliphatic carbocycles. The lowest BCUT2D eigenvalue weighted by Gasteiger charge is -2.19. The normalized spacial score (nSPS) is 16.6. The van der Waals surface area contributed by atoms with Gasteiger partial charge in [0.25, 0.3) is 0 Å². The van der Waals surface area contributed by atoms with Gasteiger partial charge in [-0.25, -0.2) is 4.39 Å². The molecule has 0 bridgehead atoms. The van der Waals surface area contributed by atoms with Crippen molar-refractivity contribution in [3.8, 4) is 0 Å². The van der Waals surface area contributed by atoms with Crippen molar-refractivity contribution >= 4 is 11.8 Å². The molecular formula is C11H12FN3O2. The topological polar surface area (TPSA) is 62.3 Å². The molecule has 0 saturated carbocycles. The lowest BCUT2D eigenvalue weighted by molar-refractivity contribution is -0.130. The van der Waals surface area contributed by atoms with E-state index in [1.807, 2.05) is 0 Å². The van der Waals surface area contributed by atoms with Crippen molar-refractivity contribution in [2.45, 2.75) is 13.0 Å². The average molecular weight is 237 g/mol. The van der Waals surface area contributed by atoms with Crippen LogP contribution in [0, 0.1) is 5.82 Å². The van der Waals surface area contributed by atoms with E-state index in [-0.39, 0.29) is 31.3 Å². The van der Waals surface area contributed by atoms with Gasteiger partial charge in [-0.05, 0) is 11.6 Å². The highest BCUT2D eigenvalue weighted by molar-refractivity contribution is 5.87. The Balaban J connectivity index is 2.07. The number of carbonyl (C=O) groups excluding carboxylic acids is 2. The molecule has 1 aliphatic heterocycles. The maximum atomic E-state index is 12.9. The van der Waals surface area contributed by atoms with Crippen molar-refractivity contribution < 1.29 is 14.0 Å². The van der Waals surface area contributed by atoms with Crippen LogP contribution in [0.4, 0.5) is 4.39 Å². The number of hydrogen-bond acceptors (Lipinski definition) is 3. The molecule has 17 heavy (non-hydrogen) atoms. The second-order valence-electron chi connectivity index (χ2n) is 3.85. The molecule has 0 atom stereocenters. The summed E-state index contributed by atoms with van der Waals surface area (Å²) < 4.78 is 12.9. The van der Waals surface area contributed by atoms with E-state index in [2.05, 4.69) is 10.3 Å². The Morgan fingerprint density at radius 3 is 3.00 bits per heavy atom. The molecule has 1 fully saturated rings. The van der Waals surface area contributed by atoms with Crippen LogP contribution in [0.5, 0.6) is 0 Å². The van der Waals surface area contributed by atoms with Crippen LogP contribution >= 0.6 is 0 Å². The number of halogens is 1. The molecule has 0 spiro atoms. The van der Waals surface area contributed by atoms with Gasteiger partial charge in [-0.15, -0.1) is 0 Å². The predicted octanol–water partition coefficient (Wildman–Crippen LogP) is 0.0692. The van der Waals surface area contributed by atoms with Crippen molar-refractivity contribution in [1.29, 1.82) is 0 Å². The first-order valence-corrected chi connectivity index (χ1v) is 5.29. The molecule has 0 radical (unpaired) electrons. The Kier molecular flexibility index (Phi) is 3.32. The highest BCUT2D eigenvalue weighted by Crippen LogP contribution is 2.07. The summed E-state index contributed by atoms with van der Waals surface area (Å²) in [6.45, 7) is 0.626. The predicted molar refractivity (Wildman–Crippen MR) is 57.2 cm³/mol. The minimum absolute atomic E-state index is 0.00157. The van der Waals surface area contributed by atoms with Crippen molar-refractivity contribution in [2.24, 2.45) is 0 Å². The maximum Gasteiger partial charge on any atom is 0.242 e. The summed E-state index contributed by atoms with van der Waals surface area (Å²) in [5, 5.41) is 2.50. The number of aromatic nitrogens is 1. The largest absolute Gasteiger partial charge is 0.347 e. The Morgan fingerprint density at radius 1 is 1.41 bits per heavy atom. The fraction of sp³-hybridized carbons (Fsp3) is 0.364. The van der Waals surface area contributed by atoms with E-state index in [0.29, 0.717) is 12.1 Å². The van der Waals surface area contributed by atoms with Crippen LogP contribution in [0.25, 0.3) is 0 Å². The molecule has 1 saturated heterocycles. The molecule has 6 heteroatoms. The van der Waals surface area contributed by atoms with E-state index < -0.39 is 5.82 Å². The van der Waals surface area contributed by atoms with E-state index in [1.54, 1.807) is 0 Å². The molecule has 1 N–H and O–H groups in total. The summed E-state index contributed by atoms with van der Waals surface area (Å²) >= 11 is 0. The number of hydrogen-bond donors (Lipinski definition) is 1. The average Bonchev–Trinajstić information content (AvgIpc) is 2.45. The molecule has 2 amide bonds. The third-order valence-electron chi connectivity index (χ3n) is 2.53. The first-order chi connectivity index (χ1) is 8.15. The van der Waals surface area contributed by atoms with Crippen LogP contribution in [-0.4, -0.2) is 34.8 Å². The summed E-state index contributed by atoms with van der Waals surface area (Å²) in [4.78, 5) is 28.0. The Bertz CT molecular complexity index is 450. The maximum absolute atomic E-state index is 12.9. The number of carbonyl (C=O) groups is 2. The van der Waals surface area contributed by atoms with Gasteiger partial charge in [0.15, 0.2) is 0 Å². The van der Waals surface area contributed by atoms with Crippen LogP contribution in [-0.2, 0) is 16.1 Å². The zero-order chi connectivity index (χ0) is 12.3. The first kappa shape index (κ1) is 11.5. The SMILES string of the molecule is O=C1CCN(Cc2cncc(F)c2)C(=O)CN1. The van der Waals surface area contributed by atoms with Gasteiger partial charge in [0, 0.05) is 25.7 Å². The minimum Gasteiger partial charge on any atom is -0.347 e. The van der Waals surface area contributed by atoms with E-state index in [9.17, 15) is 14.0 Å². The summed E-state index contributed by atoms with van der Waals surface area (Å²) in [5.74, 6) is -0.739. The molecule has 90 valence electrons. The number of pyridine rings is 1. The smallest absolute Gasteiger partial charge is 0.242 e. The van der Waals surface area contributed by atoms with E-state index in [4.69, 9.17) is 0 Å². The lowest BCUT2D eigenvalue weighted by Crippen LogP contribution is -2.34. The second kappa shape index (κ2) is 4.90. The molecule has 5 nitrogen and oxygen atoms in total. The molecule has 0 aromatic carbocycles. The Morgan fingerprint density at radius 2 is 2.24 bits per heavy atom. The monoisotopic (exact) mass is 237 g/mol. The summed E-state index contributed by atoms with van der Waals surface area (Å²) in [5.41, 5.74) is 0.618. The standard InChI is InChI=1S/C11H12FN3O2/c12-9-3-8(4-13-5-9)7-15-2-1-10(16)14-6-11(15)17/h3-5H,1-2,6-7H2,(H,14,16). The van der Waals surface area contributed by atoms with E-state index >= 15 is 0 Å². The Hall–Kier alpha value is -1.98. The van der Waals surface area contributed by atoms with Gasteiger partial charge in [0.1, 0.15) is 5.82 Å². The van der Waals surface area contributed by atoms with Crippen LogP contribution in [0.2, 0.25) is 0 Å². The van der Waals surface area contributed by atoms with Gasteiger partial charge in [0.05, 0.1) is 12.7 Å². The van der Waals surface area contributed by atoms with E-state index in [0.717, 1.165) is 6.20 Å². The summed E-state index contributed by atoms with van der Waals surface area (Å²) in [7, 11) is 0. The highest BCUT2D eigenvalue weighted by atomic mass is 19.1.